The summed E-state index contributed by atoms with van der Waals surface area (Å²) in [5.41, 5.74) is 1.37. The van der Waals surface area contributed by atoms with Crippen LogP contribution < -0.4 is 19.5 Å². The number of hydrogen-bond acceptors (Lipinski definition) is 7. The summed E-state index contributed by atoms with van der Waals surface area (Å²) in [6, 6.07) is 10.7. The van der Waals surface area contributed by atoms with Crippen LogP contribution in [0.4, 0.5) is 5.13 Å². The van der Waals surface area contributed by atoms with E-state index in [0.717, 1.165) is 10.2 Å². The highest BCUT2D eigenvalue weighted by Gasteiger charge is 2.16. The number of rotatable bonds is 7. The minimum absolute atomic E-state index is 0.00557. The number of fused-ring (bicyclic) bond motifs is 2. The van der Waals surface area contributed by atoms with Gasteiger partial charge in [0.05, 0.1) is 17.3 Å². The molecule has 3 aromatic rings. The van der Waals surface area contributed by atoms with Gasteiger partial charge in [-0.25, -0.2) is 4.98 Å². The molecule has 0 spiro atoms. The average Bonchev–Trinajstić information content (AvgIpc) is 3.12. The molecule has 0 radical (unpaired) electrons. The third-order valence-corrected chi connectivity index (χ3v) is 5.45. The molecular formula is C21H20N2O5S. The Labute approximate surface area is 171 Å². The zero-order valence-corrected chi connectivity index (χ0v) is 16.7. The van der Waals surface area contributed by atoms with Gasteiger partial charge in [-0.3, -0.25) is 9.59 Å². The van der Waals surface area contributed by atoms with Gasteiger partial charge < -0.3 is 19.5 Å². The van der Waals surface area contributed by atoms with Gasteiger partial charge in [0.1, 0.15) is 19.0 Å². The molecule has 1 amide bonds. The molecular weight excluding hydrogens is 392 g/mol. The number of amides is 1. The van der Waals surface area contributed by atoms with Crippen molar-refractivity contribution in [3.8, 4) is 17.2 Å². The first-order valence-electron chi connectivity index (χ1n) is 9.29. The molecule has 0 saturated carbocycles. The summed E-state index contributed by atoms with van der Waals surface area (Å²) >= 11 is 1.38. The normalized spacial score (nSPS) is 12.6. The summed E-state index contributed by atoms with van der Waals surface area (Å²) in [7, 11) is 1.58. The number of carbonyl (C=O) groups is 2. The van der Waals surface area contributed by atoms with E-state index < -0.39 is 0 Å². The molecule has 2 heterocycles. The van der Waals surface area contributed by atoms with Gasteiger partial charge in [0, 0.05) is 30.5 Å². The number of ketones is 1. The first-order valence-corrected chi connectivity index (χ1v) is 10.1. The molecule has 29 heavy (non-hydrogen) atoms. The van der Waals surface area contributed by atoms with Crippen LogP contribution in [0.1, 0.15) is 29.6 Å². The van der Waals surface area contributed by atoms with Crippen molar-refractivity contribution >= 4 is 38.4 Å². The second-order valence-corrected chi connectivity index (χ2v) is 7.57. The lowest BCUT2D eigenvalue weighted by molar-refractivity contribution is -0.116. The smallest absolute Gasteiger partial charge is 0.226 e. The van der Waals surface area contributed by atoms with Gasteiger partial charge in [0.2, 0.25) is 5.91 Å². The fourth-order valence-electron chi connectivity index (χ4n) is 3.03. The van der Waals surface area contributed by atoms with Crippen LogP contribution in [0.5, 0.6) is 17.2 Å². The number of methoxy groups -OCH3 is 1. The molecule has 1 N–H and O–H groups in total. The van der Waals surface area contributed by atoms with Crippen LogP contribution >= 0.6 is 11.3 Å². The molecule has 1 aliphatic heterocycles. The minimum atomic E-state index is -0.163. The summed E-state index contributed by atoms with van der Waals surface area (Å²) in [5.74, 6) is 1.91. The maximum atomic E-state index is 12.2. The lowest BCUT2D eigenvalue weighted by Crippen LogP contribution is -2.15. The van der Waals surface area contributed by atoms with E-state index >= 15 is 0 Å². The topological polar surface area (TPSA) is 86.8 Å². The highest BCUT2D eigenvalue weighted by molar-refractivity contribution is 7.22. The molecule has 0 atom stereocenters. The number of aromatic nitrogens is 1. The Morgan fingerprint density at radius 3 is 2.55 bits per heavy atom. The molecule has 1 aliphatic rings. The van der Waals surface area contributed by atoms with Crippen molar-refractivity contribution in [3.05, 3.63) is 42.0 Å². The fourth-order valence-corrected chi connectivity index (χ4v) is 3.92. The maximum absolute atomic E-state index is 12.2. The maximum Gasteiger partial charge on any atom is 0.226 e. The lowest BCUT2D eigenvalue weighted by Gasteiger charge is -2.17. The predicted octanol–water partition coefficient (Wildman–Crippen LogP) is 4.07. The molecule has 0 fully saturated rings. The van der Waals surface area contributed by atoms with E-state index in [1.165, 1.54) is 11.3 Å². The van der Waals surface area contributed by atoms with Crippen molar-refractivity contribution in [2.45, 2.75) is 19.3 Å². The summed E-state index contributed by atoms with van der Waals surface area (Å²) in [6.07, 6.45) is 1.03. The first kappa shape index (κ1) is 19.2. The summed E-state index contributed by atoms with van der Waals surface area (Å²) in [6.45, 7) is 1.04. The largest absolute Gasteiger partial charge is 0.497 e. The van der Waals surface area contributed by atoms with Crippen molar-refractivity contribution in [2.75, 3.05) is 25.6 Å². The molecule has 2 aromatic carbocycles. The van der Waals surface area contributed by atoms with Crippen molar-refractivity contribution in [1.29, 1.82) is 0 Å². The molecule has 4 rings (SSSR count). The van der Waals surface area contributed by atoms with E-state index in [2.05, 4.69) is 10.3 Å². The zero-order valence-electron chi connectivity index (χ0n) is 15.9. The highest BCUT2D eigenvalue weighted by Crippen LogP contribution is 2.37. The quantitative estimate of drug-likeness (QED) is 0.589. The van der Waals surface area contributed by atoms with E-state index in [1.54, 1.807) is 31.4 Å². The second kappa shape index (κ2) is 8.48. The number of carbonyl (C=O) groups excluding carboxylic acids is 2. The van der Waals surface area contributed by atoms with Gasteiger partial charge >= 0.3 is 0 Å². The van der Waals surface area contributed by atoms with E-state index in [-0.39, 0.29) is 18.1 Å². The number of ether oxygens (including phenoxy) is 3. The Morgan fingerprint density at radius 2 is 1.83 bits per heavy atom. The summed E-state index contributed by atoms with van der Waals surface area (Å²) in [5, 5.41) is 3.33. The SMILES string of the molecule is COc1ccc(C(=O)CCCC(=O)Nc2nc3cc4c(cc3s2)OCCO4)cc1. The number of thiazole rings is 1. The summed E-state index contributed by atoms with van der Waals surface area (Å²) < 4.78 is 17.1. The molecule has 0 aliphatic carbocycles. The predicted molar refractivity (Wildman–Crippen MR) is 110 cm³/mol. The van der Waals surface area contributed by atoms with Gasteiger partial charge in [-0.05, 0) is 30.7 Å². The average molecular weight is 412 g/mol. The second-order valence-electron chi connectivity index (χ2n) is 6.54. The molecule has 0 saturated heterocycles. The molecule has 8 heteroatoms. The minimum Gasteiger partial charge on any atom is -0.497 e. The molecule has 0 unspecified atom stereocenters. The number of nitrogens with one attached hydrogen (secondary N) is 1. The highest BCUT2D eigenvalue weighted by atomic mass is 32.1. The van der Waals surface area contributed by atoms with Gasteiger partial charge in [-0.2, -0.15) is 0 Å². The van der Waals surface area contributed by atoms with Crippen LogP contribution in [0.3, 0.4) is 0 Å². The van der Waals surface area contributed by atoms with Crippen LogP contribution in [0.15, 0.2) is 36.4 Å². The zero-order chi connectivity index (χ0) is 20.2. The van der Waals surface area contributed by atoms with E-state index in [1.807, 2.05) is 12.1 Å². The number of benzene rings is 2. The Morgan fingerprint density at radius 1 is 1.10 bits per heavy atom. The molecule has 1 aromatic heterocycles. The van der Waals surface area contributed by atoms with Gasteiger partial charge in [-0.15, -0.1) is 0 Å². The Hall–Kier alpha value is -3.13. The monoisotopic (exact) mass is 412 g/mol. The lowest BCUT2D eigenvalue weighted by atomic mass is 10.1. The van der Waals surface area contributed by atoms with Crippen molar-refractivity contribution in [3.63, 3.8) is 0 Å². The third-order valence-electron chi connectivity index (χ3n) is 4.52. The van der Waals surface area contributed by atoms with Crippen LogP contribution in [-0.2, 0) is 4.79 Å². The first-order chi connectivity index (χ1) is 14.1. The van der Waals surface area contributed by atoms with E-state index in [0.29, 0.717) is 54.0 Å². The molecule has 150 valence electrons. The van der Waals surface area contributed by atoms with Gasteiger partial charge in [0.25, 0.3) is 0 Å². The van der Waals surface area contributed by atoms with Crippen molar-refractivity contribution in [1.82, 2.24) is 4.98 Å². The van der Waals surface area contributed by atoms with Gasteiger partial charge in [0.15, 0.2) is 22.4 Å². The Balaban J connectivity index is 1.30. The van der Waals surface area contributed by atoms with Crippen LogP contribution in [0.25, 0.3) is 10.2 Å². The Bertz CT molecular complexity index is 1000. The number of anilines is 1. The summed E-state index contributed by atoms with van der Waals surface area (Å²) in [4.78, 5) is 28.9. The molecule has 0 bridgehead atoms. The van der Waals surface area contributed by atoms with Gasteiger partial charge in [-0.1, -0.05) is 11.3 Å². The number of Topliss-reactive ketones (excluding diaryl/α,β-unsaturated/α-hetero) is 1. The van der Waals surface area contributed by atoms with Crippen LogP contribution in [-0.4, -0.2) is 37.0 Å². The molecule has 7 nitrogen and oxygen atoms in total. The van der Waals surface area contributed by atoms with E-state index in [9.17, 15) is 9.59 Å². The third kappa shape index (κ3) is 4.48. The number of hydrogen-bond donors (Lipinski definition) is 1. The Kier molecular flexibility index (Phi) is 5.62. The van der Waals surface area contributed by atoms with E-state index in [4.69, 9.17) is 14.2 Å². The van der Waals surface area contributed by atoms with Crippen molar-refractivity contribution < 1.29 is 23.8 Å². The standard InChI is InChI=1S/C21H20N2O5S/c1-26-14-7-5-13(6-8-14)16(24)3-2-4-20(25)23-21-22-15-11-17-18(12-19(15)29-21)28-10-9-27-17/h5-8,11-12H,2-4,9-10H2,1H3,(H,22,23,25). The van der Waals surface area contributed by atoms with Crippen molar-refractivity contribution in [2.24, 2.45) is 0 Å². The number of nitrogens with zero attached hydrogens (tertiary/aromatic N) is 1. The van der Waals surface area contributed by atoms with Crippen LogP contribution in [0.2, 0.25) is 0 Å². The fraction of sp³-hybridized carbons (Fsp3) is 0.286. The van der Waals surface area contributed by atoms with Crippen LogP contribution in [0, 0.1) is 0 Å².